The normalized spacial score (nSPS) is 18.4. The third kappa shape index (κ3) is 2.57. The highest BCUT2D eigenvalue weighted by atomic mass is 16.2. The lowest BCUT2D eigenvalue weighted by Gasteiger charge is -2.25. The maximum absolute atomic E-state index is 11.8. The van der Waals surface area contributed by atoms with E-state index in [9.17, 15) is 4.79 Å². The molecule has 15 heavy (non-hydrogen) atoms. The quantitative estimate of drug-likeness (QED) is 0.750. The van der Waals surface area contributed by atoms with Crippen LogP contribution in [-0.4, -0.2) is 25.5 Å². The highest BCUT2D eigenvalue weighted by molar-refractivity contribution is 5.94. The molecule has 0 aromatic heterocycles. The van der Waals surface area contributed by atoms with Crippen molar-refractivity contribution in [2.45, 2.75) is 12.8 Å². The fourth-order valence-electron chi connectivity index (χ4n) is 1.82. The van der Waals surface area contributed by atoms with Crippen LogP contribution in [0.2, 0.25) is 0 Å². The number of anilines is 1. The largest absolute Gasteiger partial charge is 0.311 e. The Hall–Kier alpha value is -1.35. The second-order valence-corrected chi connectivity index (χ2v) is 3.76. The van der Waals surface area contributed by atoms with Crippen molar-refractivity contribution in [3.8, 4) is 0 Å². The first-order valence-electron chi connectivity index (χ1n) is 5.44. The third-order valence-corrected chi connectivity index (χ3v) is 2.63. The van der Waals surface area contributed by atoms with Crippen molar-refractivity contribution < 1.29 is 4.79 Å². The highest BCUT2D eigenvalue weighted by Gasteiger charge is 2.16. The van der Waals surface area contributed by atoms with Crippen LogP contribution in [0.25, 0.3) is 0 Å². The summed E-state index contributed by atoms with van der Waals surface area (Å²) in [4.78, 5) is 13.7. The number of para-hydroxylation sites is 1. The molecule has 1 fully saturated rings. The maximum atomic E-state index is 11.8. The fourth-order valence-corrected chi connectivity index (χ4v) is 1.82. The zero-order valence-corrected chi connectivity index (χ0v) is 8.78. The van der Waals surface area contributed by atoms with E-state index in [-0.39, 0.29) is 5.91 Å². The van der Waals surface area contributed by atoms with Crippen molar-refractivity contribution in [3.05, 3.63) is 30.3 Å². The van der Waals surface area contributed by atoms with Gasteiger partial charge in [-0.05, 0) is 31.5 Å². The van der Waals surface area contributed by atoms with Gasteiger partial charge in [0.25, 0.3) is 0 Å². The van der Waals surface area contributed by atoms with E-state index in [1.54, 1.807) is 0 Å². The number of hydrogen-bond donors (Lipinski definition) is 1. The smallest absolute Gasteiger partial charge is 0.240 e. The average molecular weight is 204 g/mol. The van der Waals surface area contributed by atoms with Gasteiger partial charge in [0.1, 0.15) is 0 Å². The molecule has 80 valence electrons. The Balaban J connectivity index is 2.14. The van der Waals surface area contributed by atoms with Crippen molar-refractivity contribution in [2.75, 3.05) is 24.5 Å². The predicted octanol–water partition coefficient (Wildman–Crippen LogP) is 1.40. The molecule has 1 aromatic carbocycles. The van der Waals surface area contributed by atoms with Gasteiger partial charge in [-0.25, -0.2) is 0 Å². The summed E-state index contributed by atoms with van der Waals surface area (Å²) in [5.74, 6) is 0.168. The summed E-state index contributed by atoms with van der Waals surface area (Å²) in [7, 11) is 0. The number of nitrogens with zero attached hydrogens (tertiary/aromatic N) is 1. The number of amides is 1. The topological polar surface area (TPSA) is 32.3 Å². The molecular weight excluding hydrogens is 188 g/mol. The summed E-state index contributed by atoms with van der Waals surface area (Å²) in [5, 5.41) is 3.15. The molecule has 3 nitrogen and oxygen atoms in total. The van der Waals surface area contributed by atoms with Crippen molar-refractivity contribution in [3.63, 3.8) is 0 Å². The Bertz CT molecular complexity index is 324. The zero-order valence-electron chi connectivity index (χ0n) is 8.78. The van der Waals surface area contributed by atoms with Crippen molar-refractivity contribution in [1.29, 1.82) is 0 Å². The van der Waals surface area contributed by atoms with Crippen LogP contribution in [-0.2, 0) is 4.79 Å². The molecule has 0 unspecified atom stereocenters. The van der Waals surface area contributed by atoms with Gasteiger partial charge in [-0.15, -0.1) is 0 Å². The van der Waals surface area contributed by atoms with Gasteiger partial charge >= 0.3 is 0 Å². The molecule has 1 amide bonds. The van der Waals surface area contributed by atoms with Crippen LogP contribution < -0.4 is 10.2 Å². The summed E-state index contributed by atoms with van der Waals surface area (Å²) in [6.07, 6.45) is 2.20. The summed E-state index contributed by atoms with van der Waals surface area (Å²) in [6, 6.07) is 9.87. The molecule has 0 spiro atoms. The Kier molecular flexibility index (Phi) is 3.35. The van der Waals surface area contributed by atoms with Crippen LogP contribution in [0.3, 0.4) is 0 Å². The van der Waals surface area contributed by atoms with Gasteiger partial charge in [0, 0.05) is 12.2 Å². The van der Waals surface area contributed by atoms with E-state index in [1.807, 2.05) is 35.2 Å². The third-order valence-electron chi connectivity index (χ3n) is 2.63. The minimum Gasteiger partial charge on any atom is -0.311 e. The van der Waals surface area contributed by atoms with E-state index >= 15 is 0 Å². The molecular formula is C12H16N2O. The lowest BCUT2D eigenvalue weighted by molar-refractivity contribution is -0.118. The Morgan fingerprint density at radius 1 is 1.13 bits per heavy atom. The number of nitrogens with one attached hydrogen (secondary N) is 1. The zero-order chi connectivity index (χ0) is 10.5. The molecule has 1 aliphatic heterocycles. The van der Waals surface area contributed by atoms with Gasteiger partial charge < -0.3 is 10.2 Å². The van der Waals surface area contributed by atoms with Crippen LogP contribution in [0.1, 0.15) is 12.8 Å². The van der Waals surface area contributed by atoms with E-state index in [0.29, 0.717) is 6.54 Å². The van der Waals surface area contributed by atoms with Crippen LogP contribution >= 0.6 is 0 Å². The SMILES string of the molecule is O=C1CNCCCCN1c1ccccc1. The summed E-state index contributed by atoms with van der Waals surface area (Å²) in [5.41, 5.74) is 1.01. The van der Waals surface area contributed by atoms with Crippen LogP contribution in [0.5, 0.6) is 0 Å². The molecule has 2 rings (SSSR count). The van der Waals surface area contributed by atoms with Gasteiger partial charge in [-0.3, -0.25) is 4.79 Å². The Labute approximate surface area is 90.1 Å². The van der Waals surface area contributed by atoms with E-state index in [4.69, 9.17) is 0 Å². The van der Waals surface area contributed by atoms with Gasteiger partial charge in [-0.2, -0.15) is 0 Å². The van der Waals surface area contributed by atoms with Gasteiger partial charge in [0.15, 0.2) is 0 Å². The molecule has 0 aliphatic carbocycles. The van der Waals surface area contributed by atoms with Crippen molar-refractivity contribution in [1.82, 2.24) is 5.32 Å². The first-order chi connectivity index (χ1) is 7.38. The van der Waals surface area contributed by atoms with Crippen LogP contribution in [0, 0.1) is 0 Å². The summed E-state index contributed by atoms with van der Waals surface area (Å²) in [6.45, 7) is 2.24. The minimum absolute atomic E-state index is 0.168. The van der Waals surface area contributed by atoms with Crippen molar-refractivity contribution >= 4 is 11.6 Å². The van der Waals surface area contributed by atoms with E-state index in [1.165, 1.54) is 0 Å². The molecule has 0 atom stereocenters. The molecule has 0 saturated carbocycles. The number of carbonyl (C=O) groups excluding carboxylic acids is 1. The number of carbonyl (C=O) groups is 1. The number of rotatable bonds is 1. The number of benzene rings is 1. The maximum Gasteiger partial charge on any atom is 0.240 e. The molecule has 3 heteroatoms. The second kappa shape index (κ2) is 4.94. The second-order valence-electron chi connectivity index (χ2n) is 3.76. The highest BCUT2D eigenvalue weighted by Crippen LogP contribution is 2.14. The fraction of sp³-hybridized carbons (Fsp3) is 0.417. The molecule has 1 aromatic rings. The Morgan fingerprint density at radius 2 is 1.93 bits per heavy atom. The van der Waals surface area contributed by atoms with Gasteiger partial charge in [-0.1, -0.05) is 18.2 Å². The van der Waals surface area contributed by atoms with E-state index < -0.39 is 0 Å². The molecule has 0 bridgehead atoms. The molecule has 1 heterocycles. The lowest BCUT2D eigenvalue weighted by Crippen LogP contribution is -2.41. The van der Waals surface area contributed by atoms with Crippen LogP contribution in [0.4, 0.5) is 5.69 Å². The first-order valence-corrected chi connectivity index (χ1v) is 5.44. The minimum atomic E-state index is 0.168. The predicted molar refractivity (Wildman–Crippen MR) is 60.9 cm³/mol. The van der Waals surface area contributed by atoms with Crippen LogP contribution in [0.15, 0.2) is 30.3 Å². The lowest BCUT2D eigenvalue weighted by atomic mass is 10.2. The summed E-state index contributed by atoms with van der Waals surface area (Å²) < 4.78 is 0. The molecule has 1 aliphatic rings. The molecule has 1 saturated heterocycles. The van der Waals surface area contributed by atoms with Crippen molar-refractivity contribution in [2.24, 2.45) is 0 Å². The van der Waals surface area contributed by atoms with Gasteiger partial charge in [0.05, 0.1) is 6.54 Å². The molecule has 1 N–H and O–H groups in total. The van der Waals surface area contributed by atoms with E-state index in [0.717, 1.165) is 31.6 Å². The monoisotopic (exact) mass is 204 g/mol. The first kappa shape index (κ1) is 10.2. The van der Waals surface area contributed by atoms with E-state index in [2.05, 4.69) is 5.32 Å². The Morgan fingerprint density at radius 3 is 2.73 bits per heavy atom. The summed E-state index contributed by atoms with van der Waals surface area (Å²) >= 11 is 0. The standard InChI is InChI=1S/C12H16N2O/c15-12-10-13-8-4-5-9-14(12)11-6-2-1-3-7-11/h1-3,6-7,13H,4-5,8-10H2. The molecule has 0 radical (unpaired) electrons. The average Bonchev–Trinajstić information content (AvgIpc) is 2.25. The number of hydrogen-bond acceptors (Lipinski definition) is 2. The van der Waals surface area contributed by atoms with Gasteiger partial charge in [0.2, 0.25) is 5.91 Å².